The highest BCUT2D eigenvalue weighted by atomic mass is 35.5. The summed E-state index contributed by atoms with van der Waals surface area (Å²) in [5, 5.41) is 3.79. The molecular formula is C15H22ClN3O2S. The van der Waals surface area contributed by atoms with Gasteiger partial charge in [-0.3, -0.25) is 4.90 Å². The van der Waals surface area contributed by atoms with Gasteiger partial charge in [-0.25, -0.2) is 8.42 Å². The molecule has 22 heavy (non-hydrogen) atoms. The minimum atomic E-state index is -3.46. The third-order valence-electron chi connectivity index (χ3n) is 4.56. The number of sulfonamides is 1. The third-order valence-corrected chi connectivity index (χ3v) is 6.80. The first-order valence-corrected chi connectivity index (χ1v) is 9.51. The zero-order valence-corrected chi connectivity index (χ0v) is 14.3. The average Bonchev–Trinajstić information content (AvgIpc) is 3.01. The standard InChI is InChI=1S/C15H22ClN3O2S/c1-12-2-3-13(16)10-15(12)22(20,21)19-7-4-14(11-19)18-8-5-17-6-9-18/h2-3,10,14,17H,4-9,11H2,1H3. The first kappa shape index (κ1) is 16.2. The number of piperazine rings is 1. The highest BCUT2D eigenvalue weighted by Gasteiger charge is 2.36. The molecule has 3 rings (SSSR count). The molecule has 1 N–H and O–H groups in total. The van der Waals surface area contributed by atoms with E-state index in [0.29, 0.717) is 29.0 Å². The highest BCUT2D eigenvalue weighted by molar-refractivity contribution is 7.89. The van der Waals surface area contributed by atoms with Crippen LogP contribution in [0.15, 0.2) is 23.1 Å². The smallest absolute Gasteiger partial charge is 0.243 e. The molecule has 1 aromatic carbocycles. The van der Waals surface area contributed by atoms with E-state index in [-0.39, 0.29) is 0 Å². The minimum absolute atomic E-state index is 0.330. The van der Waals surface area contributed by atoms with Crippen molar-refractivity contribution in [3.8, 4) is 0 Å². The molecule has 2 fully saturated rings. The van der Waals surface area contributed by atoms with Crippen molar-refractivity contribution in [1.29, 1.82) is 0 Å². The maximum Gasteiger partial charge on any atom is 0.243 e. The fourth-order valence-corrected chi connectivity index (χ4v) is 5.25. The van der Waals surface area contributed by atoms with Gasteiger partial charge >= 0.3 is 0 Å². The summed E-state index contributed by atoms with van der Waals surface area (Å²) in [5.41, 5.74) is 0.745. The summed E-state index contributed by atoms with van der Waals surface area (Å²) in [6.45, 7) is 6.93. The average molecular weight is 344 g/mol. The van der Waals surface area contributed by atoms with Gasteiger partial charge in [0.25, 0.3) is 0 Å². The Bertz CT molecular complexity index is 644. The maximum atomic E-state index is 12.9. The number of aryl methyl sites for hydroxylation is 1. The molecule has 2 saturated heterocycles. The van der Waals surface area contributed by atoms with E-state index in [4.69, 9.17) is 11.6 Å². The predicted octanol–water partition coefficient (Wildman–Crippen LogP) is 1.32. The molecule has 7 heteroatoms. The van der Waals surface area contributed by atoms with Gasteiger partial charge in [0, 0.05) is 50.3 Å². The largest absolute Gasteiger partial charge is 0.314 e. The van der Waals surface area contributed by atoms with Crippen LogP contribution in [0.1, 0.15) is 12.0 Å². The second-order valence-corrected chi connectivity index (χ2v) is 8.34. The summed E-state index contributed by atoms with van der Waals surface area (Å²) >= 11 is 5.98. The van der Waals surface area contributed by atoms with Gasteiger partial charge in [-0.15, -0.1) is 0 Å². The summed E-state index contributed by atoms with van der Waals surface area (Å²) in [4.78, 5) is 2.73. The van der Waals surface area contributed by atoms with E-state index in [1.54, 1.807) is 22.5 Å². The Morgan fingerprint density at radius 3 is 2.68 bits per heavy atom. The lowest BCUT2D eigenvalue weighted by molar-refractivity contribution is 0.179. The van der Waals surface area contributed by atoms with Crippen LogP contribution in [0, 0.1) is 6.92 Å². The van der Waals surface area contributed by atoms with Gasteiger partial charge in [0.15, 0.2) is 0 Å². The van der Waals surface area contributed by atoms with Crippen LogP contribution < -0.4 is 5.32 Å². The highest BCUT2D eigenvalue weighted by Crippen LogP contribution is 2.27. The summed E-state index contributed by atoms with van der Waals surface area (Å²) in [6.07, 6.45) is 0.902. The van der Waals surface area contributed by atoms with E-state index in [9.17, 15) is 8.42 Å². The lowest BCUT2D eigenvalue weighted by Crippen LogP contribution is -2.49. The Morgan fingerprint density at radius 1 is 1.23 bits per heavy atom. The lowest BCUT2D eigenvalue weighted by Gasteiger charge is -2.32. The van der Waals surface area contributed by atoms with Crippen molar-refractivity contribution in [1.82, 2.24) is 14.5 Å². The summed E-state index contributed by atoms with van der Waals surface area (Å²) in [6, 6.07) is 5.38. The van der Waals surface area contributed by atoms with Crippen molar-refractivity contribution >= 4 is 21.6 Å². The Balaban J connectivity index is 1.77. The molecule has 2 aliphatic rings. The van der Waals surface area contributed by atoms with Crippen LogP contribution in [0.4, 0.5) is 0 Å². The molecule has 2 heterocycles. The molecule has 1 unspecified atom stereocenters. The molecular weight excluding hydrogens is 322 g/mol. The number of rotatable bonds is 3. The van der Waals surface area contributed by atoms with Crippen molar-refractivity contribution in [2.75, 3.05) is 39.3 Å². The Labute approximate surface area is 137 Å². The Kier molecular flexibility index (Phi) is 4.75. The Hall–Kier alpha value is -0.660. The molecule has 1 atom stereocenters. The monoisotopic (exact) mass is 343 g/mol. The maximum absolute atomic E-state index is 12.9. The van der Waals surface area contributed by atoms with Gasteiger partial charge in [-0.2, -0.15) is 4.31 Å². The number of halogens is 1. The SMILES string of the molecule is Cc1ccc(Cl)cc1S(=O)(=O)N1CCC(N2CCNCC2)C1. The quantitative estimate of drug-likeness (QED) is 0.899. The van der Waals surface area contributed by atoms with Crippen LogP contribution in [-0.2, 0) is 10.0 Å². The molecule has 122 valence electrons. The summed E-state index contributed by atoms with van der Waals surface area (Å²) in [7, 11) is -3.46. The number of nitrogens with one attached hydrogen (secondary N) is 1. The third kappa shape index (κ3) is 3.16. The molecule has 2 aliphatic heterocycles. The first-order valence-electron chi connectivity index (χ1n) is 7.69. The second kappa shape index (κ2) is 6.45. The van der Waals surface area contributed by atoms with Crippen molar-refractivity contribution in [2.24, 2.45) is 0 Å². The van der Waals surface area contributed by atoms with Crippen LogP contribution >= 0.6 is 11.6 Å². The number of benzene rings is 1. The second-order valence-electron chi connectivity index (χ2n) is 6.00. The normalized spacial score (nSPS) is 24.7. The van der Waals surface area contributed by atoms with Gasteiger partial charge < -0.3 is 5.32 Å². The van der Waals surface area contributed by atoms with Crippen LogP contribution in [0.2, 0.25) is 5.02 Å². The predicted molar refractivity (Wildman–Crippen MR) is 87.8 cm³/mol. The van der Waals surface area contributed by atoms with Crippen molar-refractivity contribution in [3.63, 3.8) is 0 Å². The fourth-order valence-electron chi connectivity index (χ4n) is 3.27. The van der Waals surface area contributed by atoms with E-state index >= 15 is 0 Å². The van der Waals surface area contributed by atoms with Crippen molar-refractivity contribution < 1.29 is 8.42 Å². The molecule has 0 aliphatic carbocycles. The molecule has 0 spiro atoms. The van der Waals surface area contributed by atoms with E-state index in [2.05, 4.69) is 10.2 Å². The lowest BCUT2D eigenvalue weighted by atomic mass is 10.2. The van der Waals surface area contributed by atoms with Gasteiger partial charge in [0.1, 0.15) is 0 Å². The van der Waals surface area contributed by atoms with Crippen molar-refractivity contribution in [3.05, 3.63) is 28.8 Å². The van der Waals surface area contributed by atoms with E-state index in [0.717, 1.165) is 38.2 Å². The zero-order chi connectivity index (χ0) is 15.7. The van der Waals surface area contributed by atoms with E-state index in [1.165, 1.54) is 0 Å². The number of hydrogen-bond donors (Lipinski definition) is 1. The van der Waals surface area contributed by atoms with Crippen molar-refractivity contribution in [2.45, 2.75) is 24.3 Å². The first-order chi connectivity index (χ1) is 10.5. The van der Waals surface area contributed by atoms with E-state index < -0.39 is 10.0 Å². The molecule has 0 aromatic heterocycles. The molecule has 0 radical (unpaired) electrons. The minimum Gasteiger partial charge on any atom is -0.314 e. The van der Waals surface area contributed by atoms with Crippen LogP contribution in [0.3, 0.4) is 0 Å². The van der Waals surface area contributed by atoms with Gasteiger partial charge in [-0.05, 0) is 31.0 Å². The van der Waals surface area contributed by atoms with E-state index in [1.807, 2.05) is 6.92 Å². The molecule has 0 amide bonds. The van der Waals surface area contributed by atoms with Crippen LogP contribution in [-0.4, -0.2) is 62.9 Å². The number of nitrogens with zero attached hydrogens (tertiary/aromatic N) is 2. The summed E-state index contributed by atoms with van der Waals surface area (Å²) in [5.74, 6) is 0. The van der Waals surface area contributed by atoms with Gasteiger partial charge in [0.05, 0.1) is 4.90 Å². The molecule has 1 aromatic rings. The van der Waals surface area contributed by atoms with Crippen LogP contribution in [0.25, 0.3) is 0 Å². The van der Waals surface area contributed by atoms with Crippen LogP contribution in [0.5, 0.6) is 0 Å². The van der Waals surface area contributed by atoms with Gasteiger partial charge in [0.2, 0.25) is 10.0 Å². The Morgan fingerprint density at radius 2 is 1.95 bits per heavy atom. The fraction of sp³-hybridized carbons (Fsp3) is 0.600. The molecule has 0 bridgehead atoms. The summed E-state index contributed by atoms with van der Waals surface area (Å²) < 4.78 is 27.4. The topological polar surface area (TPSA) is 52.7 Å². The number of hydrogen-bond acceptors (Lipinski definition) is 4. The zero-order valence-electron chi connectivity index (χ0n) is 12.8. The molecule has 0 saturated carbocycles. The molecule has 5 nitrogen and oxygen atoms in total. The van der Waals surface area contributed by atoms with Gasteiger partial charge in [-0.1, -0.05) is 17.7 Å².